The lowest BCUT2D eigenvalue weighted by atomic mass is 9.73. The number of aliphatic hydroxyl groups is 5. The molecule has 240 valence electrons. The Bertz CT molecular complexity index is 897. The predicted molar refractivity (Wildman–Crippen MR) is 151 cm³/mol. The maximum atomic E-state index is 13.2. The number of nitrogens with zero attached hydrogens (tertiary/aromatic N) is 2. The minimum absolute atomic E-state index is 0.0428. The van der Waals surface area contributed by atoms with Crippen LogP contribution in [0, 0.1) is 23.7 Å². The lowest BCUT2D eigenvalue weighted by molar-refractivity contribution is -0.298. The molecule has 41 heavy (non-hydrogen) atoms. The van der Waals surface area contributed by atoms with Gasteiger partial charge < -0.3 is 49.9 Å². The van der Waals surface area contributed by atoms with E-state index in [0.29, 0.717) is 6.42 Å². The minimum atomic E-state index is -1.91. The highest BCUT2D eigenvalue weighted by Crippen LogP contribution is 2.37. The zero-order valence-corrected chi connectivity index (χ0v) is 26.3. The first-order valence-electron chi connectivity index (χ1n) is 14.7. The van der Waals surface area contributed by atoms with Crippen molar-refractivity contribution >= 4 is 11.7 Å². The Morgan fingerprint density at radius 2 is 1.61 bits per heavy atom. The Balaban J connectivity index is 2.60. The molecule has 12 heteroatoms. The molecule has 0 aliphatic carbocycles. The number of rotatable bonds is 4. The van der Waals surface area contributed by atoms with E-state index in [1.807, 2.05) is 25.9 Å². The Morgan fingerprint density at radius 3 is 2.12 bits per heavy atom. The van der Waals surface area contributed by atoms with Gasteiger partial charge >= 0.3 is 5.97 Å². The molecule has 2 aliphatic heterocycles. The van der Waals surface area contributed by atoms with Crippen molar-refractivity contribution in [3.05, 3.63) is 0 Å². The van der Waals surface area contributed by atoms with E-state index in [2.05, 4.69) is 5.16 Å². The third kappa shape index (κ3) is 7.77. The van der Waals surface area contributed by atoms with Gasteiger partial charge in [0.15, 0.2) is 6.29 Å². The zero-order chi connectivity index (χ0) is 31.6. The van der Waals surface area contributed by atoms with Crippen LogP contribution < -0.4 is 0 Å². The molecule has 2 rings (SSSR count). The van der Waals surface area contributed by atoms with E-state index < -0.39 is 77.7 Å². The Morgan fingerprint density at radius 1 is 1.02 bits per heavy atom. The number of ether oxygens (including phenoxy) is 3. The highest BCUT2D eigenvalue weighted by molar-refractivity contribution is 5.88. The van der Waals surface area contributed by atoms with Crippen molar-refractivity contribution in [2.75, 3.05) is 14.1 Å². The summed E-state index contributed by atoms with van der Waals surface area (Å²) in [6.07, 6.45) is -6.92. The molecule has 0 radical (unpaired) electrons. The second-order valence-electron chi connectivity index (χ2n) is 13.0. The van der Waals surface area contributed by atoms with E-state index in [0.717, 1.165) is 0 Å². The van der Waals surface area contributed by atoms with E-state index in [9.17, 15) is 35.5 Å². The van der Waals surface area contributed by atoms with Crippen molar-refractivity contribution in [3.8, 4) is 0 Å². The van der Waals surface area contributed by atoms with Gasteiger partial charge in [-0.05, 0) is 61.1 Å². The van der Waals surface area contributed by atoms with E-state index >= 15 is 0 Å². The van der Waals surface area contributed by atoms with Crippen LogP contribution in [-0.4, -0.2) is 122 Å². The average molecular weight is 591 g/mol. The third-order valence-electron chi connectivity index (χ3n) is 9.23. The molecule has 0 spiro atoms. The van der Waals surface area contributed by atoms with E-state index in [1.165, 1.54) is 20.8 Å². The molecular weight excluding hydrogens is 536 g/mol. The monoisotopic (exact) mass is 590 g/mol. The van der Waals surface area contributed by atoms with Crippen LogP contribution in [0.4, 0.5) is 0 Å². The van der Waals surface area contributed by atoms with Crippen molar-refractivity contribution in [3.63, 3.8) is 0 Å². The molecule has 0 aromatic carbocycles. The normalized spacial score (nSPS) is 48.6. The fraction of sp³-hybridized carbons (Fsp3) is 0.931. The summed E-state index contributed by atoms with van der Waals surface area (Å²) in [6, 6.07) is -0.283. The van der Waals surface area contributed by atoms with Gasteiger partial charge in [0.2, 0.25) is 0 Å². The largest absolute Gasteiger partial charge is 0.459 e. The fourth-order valence-corrected chi connectivity index (χ4v) is 6.61. The molecule has 0 saturated carbocycles. The molecule has 0 aromatic rings. The number of esters is 1. The highest BCUT2D eigenvalue weighted by Gasteiger charge is 2.51. The van der Waals surface area contributed by atoms with Crippen LogP contribution in [0.3, 0.4) is 0 Å². The van der Waals surface area contributed by atoms with Crippen molar-refractivity contribution in [2.24, 2.45) is 28.8 Å². The molecule has 14 atom stereocenters. The molecule has 2 aliphatic rings. The number of carbonyl (C=O) groups is 1. The molecule has 2 heterocycles. The zero-order valence-electron chi connectivity index (χ0n) is 26.3. The minimum Gasteiger partial charge on any atom is -0.459 e. The topological polar surface area (TPSA) is 182 Å². The van der Waals surface area contributed by atoms with Gasteiger partial charge in [-0.15, -0.1) is 0 Å². The number of carbonyl (C=O) groups excluding carboxylic acids is 1. The quantitative estimate of drug-likeness (QED) is 0.157. The summed E-state index contributed by atoms with van der Waals surface area (Å²) in [4.78, 5) is 15.1. The van der Waals surface area contributed by atoms with Crippen LogP contribution in [-0.2, 0) is 19.0 Å². The van der Waals surface area contributed by atoms with Gasteiger partial charge in [0.25, 0.3) is 0 Å². The number of hydrogen-bond donors (Lipinski definition) is 6. The van der Waals surface area contributed by atoms with Crippen molar-refractivity contribution < 1.29 is 49.7 Å². The number of likely N-dealkylation sites (N-methyl/N-ethyl adjacent to an activating group) is 1. The number of hydrogen-bond acceptors (Lipinski definition) is 12. The lowest BCUT2D eigenvalue weighted by Gasteiger charge is -2.47. The van der Waals surface area contributed by atoms with E-state index in [1.54, 1.807) is 27.7 Å². The summed E-state index contributed by atoms with van der Waals surface area (Å²) in [5, 5.41) is 70.3. The Hall–Kier alpha value is -1.38. The molecule has 0 unspecified atom stereocenters. The number of oxime groups is 1. The maximum absolute atomic E-state index is 13.2. The van der Waals surface area contributed by atoms with E-state index in [4.69, 9.17) is 14.2 Å². The van der Waals surface area contributed by atoms with Gasteiger partial charge in [0.05, 0.1) is 41.6 Å². The smallest absolute Gasteiger partial charge is 0.311 e. The van der Waals surface area contributed by atoms with Crippen molar-refractivity contribution in [1.29, 1.82) is 0 Å². The Kier molecular flexibility index (Phi) is 12.2. The summed E-state index contributed by atoms with van der Waals surface area (Å²) in [5.74, 6) is -4.27. The van der Waals surface area contributed by atoms with Crippen LogP contribution in [0.2, 0.25) is 0 Å². The van der Waals surface area contributed by atoms with Gasteiger partial charge in [-0.25, -0.2) is 0 Å². The van der Waals surface area contributed by atoms with Crippen LogP contribution in [0.1, 0.15) is 74.7 Å². The fourth-order valence-electron chi connectivity index (χ4n) is 6.61. The summed E-state index contributed by atoms with van der Waals surface area (Å²) >= 11 is 0. The first kappa shape index (κ1) is 35.8. The average Bonchev–Trinajstić information content (AvgIpc) is 2.88. The summed E-state index contributed by atoms with van der Waals surface area (Å²) in [7, 11) is 3.68. The van der Waals surface area contributed by atoms with Crippen LogP contribution >= 0.6 is 0 Å². The van der Waals surface area contributed by atoms with Gasteiger partial charge in [-0.1, -0.05) is 32.9 Å². The Labute approximate surface area is 244 Å². The second kappa shape index (κ2) is 13.9. The lowest BCUT2D eigenvalue weighted by Crippen LogP contribution is -2.60. The van der Waals surface area contributed by atoms with Crippen molar-refractivity contribution in [2.45, 2.75) is 135 Å². The molecular formula is C29H54N2O10. The molecule has 2 saturated heterocycles. The number of aliphatic hydroxyl groups excluding tert-OH is 3. The van der Waals surface area contributed by atoms with Gasteiger partial charge in [0.1, 0.15) is 17.8 Å². The van der Waals surface area contributed by atoms with E-state index in [-0.39, 0.29) is 30.7 Å². The molecule has 12 nitrogen and oxygen atoms in total. The summed E-state index contributed by atoms with van der Waals surface area (Å²) in [6.45, 7) is 12.8. The van der Waals surface area contributed by atoms with Gasteiger partial charge in [0, 0.05) is 23.8 Å². The summed E-state index contributed by atoms with van der Waals surface area (Å²) < 4.78 is 17.9. The molecule has 0 aromatic heterocycles. The van der Waals surface area contributed by atoms with Crippen LogP contribution in [0.15, 0.2) is 5.16 Å². The van der Waals surface area contributed by atoms with Crippen LogP contribution in [0.5, 0.6) is 0 Å². The highest BCUT2D eigenvalue weighted by atomic mass is 16.7. The van der Waals surface area contributed by atoms with Gasteiger partial charge in [-0.3, -0.25) is 4.79 Å². The molecule has 0 bridgehead atoms. The summed E-state index contributed by atoms with van der Waals surface area (Å²) in [5.41, 5.74) is -3.51. The van der Waals surface area contributed by atoms with Crippen molar-refractivity contribution in [1.82, 2.24) is 4.90 Å². The predicted octanol–water partition coefficient (Wildman–Crippen LogP) is 1.12. The standard InChI is InChI=1S/C29H54N2O10/c1-11-20-29(8,37)24(34)16(4)21(30-38)14(2)13-28(7,36)25(17(5)22(32)18(6)26(35)40-20)41-27-23(33)19(31(9)10)12-15(3)39-27/h14-20,22-25,27,32-34,36-38H,11-13H2,1-10H3/b30-21+/t14-,15-,16+,17-,18-,19+,20-,22+,23-,24-,25-,27+,28-,29+/m1/s1. The SMILES string of the molecule is CC[C@H]1OC(=O)[C@H](C)[C@@H](O)[C@@H](C)[C@@H](O[C@@H]2O[C@H](C)C[C@H](N(C)C)[C@H]2O)[C@](C)(O)C[C@@H](C)/C(=N\O)[C@H](C)[C@@H](O)[C@@]1(C)O. The first-order valence-corrected chi connectivity index (χ1v) is 14.7. The maximum Gasteiger partial charge on any atom is 0.311 e. The second-order valence-corrected chi connectivity index (χ2v) is 13.0. The number of cyclic esters (lactones) is 1. The van der Waals surface area contributed by atoms with Crippen LogP contribution in [0.25, 0.3) is 0 Å². The first-order chi connectivity index (χ1) is 18.8. The molecule has 6 N–H and O–H groups in total. The molecule has 2 fully saturated rings. The van der Waals surface area contributed by atoms with Gasteiger partial charge in [-0.2, -0.15) is 0 Å². The molecule has 0 amide bonds. The third-order valence-corrected chi connectivity index (χ3v) is 9.23.